The Morgan fingerprint density at radius 3 is 2.39 bits per heavy atom. The molecule has 4 rings (SSSR count). The molecule has 31 heavy (non-hydrogen) atoms. The molecule has 154 valence electrons. The number of H-pyrrole nitrogens is 1. The van der Waals surface area contributed by atoms with Crippen LogP contribution in [0.4, 0.5) is 5.69 Å². The first-order valence-corrected chi connectivity index (χ1v) is 9.81. The van der Waals surface area contributed by atoms with Gasteiger partial charge in [0.05, 0.1) is 5.56 Å². The van der Waals surface area contributed by atoms with Gasteiger partial charge in [-0.2, -0.15) is 0 Å². The Morgan fingerprint density at radius 2 is 1.58 bits per heavy atom. The summed E-state index contributed by atoms with van der Waals surface area (Å²) in [4.78, 5) is 40.0. The van der Waals surface area contributed by atoms with E-state index in [9.17, 15) is 14.4 Å². The zero-order valence-corrected chi connectivity index (χ0v) is 16.8. The molecular formula is C25H20N2O4. The number of amides is 1. The second kappa shape index (κ2) is 8.67. The van der Waals surface area contributed by atoms with Crippen LogP contribution in [0.2, 0.25) is 0 Å². The van der Waals surface area contributed by atoms with Crippen molar-refractivity contribution >= 4 is 28.5 Å². The van der Waals surface area contributed by atoms with E-state index in [1.807, 2.05) is 48.5 Å². The van der Waals surface area contributed by atoms with E-state index in [4.69, 9.17) is 4.74 Å². The smallest absolute Gasteiger partial charge is 0.339 e. The Hall–Kier alpha value is -4.19. The number of aromatic amines is 1. The van der Waals surface area contributed by atoms with E-state index in [1.165, 1.54) is 13.0 Å². The number of nitrogens with one attached hydrogen (secondary N) is 2. The van der Waals surface area contributed by atoms with Gasteiger partial charge in [-0.3, -0.25) is 9.59 Å². The number of para-hydroxylation sites is 2. The van der Waals surface area contributed by atoms with E-state index in [-0.39, 0.29) is 5.56 Å². The monoisotopic (exact) mass is 412 g/mol. The van der Waals surface area contributed by atoms with Crippen LogP contribution >= 0.6 is 0 Å². The first kappa shape index (κ1) is 20.1. The van der Waals surface area contributed by atoms with Crippen molar-refractivity contribution < 1.29 is 14.3 Å². The lowest BCUT2D eigenvalue weighted by molar-refractivity contribution is -0.123. The standard InChI is InChI=1S/C25H20N2O4/c1-16(31-25(30)20-15-23(28)26-22-14-8-6-12-19(20)22)24(29)27-21-13-7-5-11-18(21)17-9-3-2-4-10-17/h2-16H,1H3,(H,26,28)(H,27,29). The molecule has 0 aliphatic carbocycles. The molecular weight excluding hydrogens is 392 g/mol. The third-order valence-electron chi connectivity index (χ3n) is 4.89. The lowest BCUT2D eigenvalue weighted by Gasteiger charge is -2.16. The summed E-state index contributed by atoms with van der Waals surface area (Å²) in [5.74, 6) is -1.20. The Kier molecular flexibility index (Phi) is 5.62. The summed E-state index contributed by atoms with van der Waals surface area (Å²) >= 11 is 0. The van der Waals surface area contributed by atoms with Gasteiger partial charge in [0.15, 0.2) is 6.10 Å². The normalized spacial score (nSPS) is 11.6. The van der Waals surface area contributed by atoms with Crippen LogP contribution in [0.15, 0.2) is 89.7 Å². The van der Waals surface area contributed by atoms with Crippen molar-refractivity contribution in [2.75, 3.05) is 5.32 Å². The van der Waals surface area contributed by atoms with Gasteiger partial charge in [-0.05, 0) is 24.6 Å². The lowest BCUT2D eigenvalue weighted by Crippen LogP contribution is -2.30. The molecule has 0 aliphatic rings. The molecule has 2 N–H and O–H groups in total. The van der Waals surface area contributed by atoms with Crippen LogP contribution in [0.1, 0.15) is 17.3 Å². The second-order valence-corrected chi connectivity index (χ2v) is 7.04. The number of carbonyl (C=O) groups excluding carboxylic acids is 2. The number of aromatic nitrogens is 1. The van der Waals surface area contributed by atoms with Crippen LogP contribution in [0.25, 0.3) is 22.0 Å². The highest BCUT2D eigenvalue weighted by molar-refractivity contribution is 6.05. The Labute approximate surface area is 178 Å². The summed E-state index contributed by atoms with van der Waals surface area (Å²) in [5, 5.41) is 3.38. The average Bonchev–Trinajstić information content (AvgIpc) is 2.79. The summed E-state index contributed by atoms with van der Waals surface area (Å²) in [6, 6.07) is 25.2. The van der Waals surface area contributed by atoms with Crippen LogP contribution in [-0.4, -0.2) is 23.0 Å². The summed E-state index contributed by atoms with van der Waals surface area (Å²) in [5.41, 5.74) is 2.65. The molecule has 0 radical (unpaired) electrons. The first-order valence-electron chi connectivity index (χ1n) is 9.81. The minimum Gasteiger partial charge on any atom is -0.449 e. The molecule has 0 saturated carbocycles. The number of rotatable bonds is 5. The van der Waals surface area contributed by atoms with Crippen molar-refractivity contribution in [2.24, 2.45) is 0 Å². The van der Waals surface area contributed by atoms with Crippen molar-refractivity contribution in [2.45, 2.75) is 13.0 Å². The van der Waals surface area contributed by atoms with Crippen molar-refractivity contribution in [1.29, 1.82) is 0 Å². The summed E-state index contributed by atoms with van der Waals surface area (Å²) in [7, 11) is 0. The second-order valence-electron chi connectivity index (χ2n) is 7.04. The topological polar surface area (TPSA) is 88.3 Å². The predicted octanol–water partition coefficient (Wildman–Crippen LogP) is 4.38. The highest BCUT2D eigenvalue weighted by Crippen LogP contribution is 2.27. The average molecular weight is 412 g/mol. The van der Waals surface area contributed by atoms with E-state index < -0.39 is 23.5 Å². The molecule has 4 aromatic rings. The highest BCUT2D eigenvalue weighted by atomic mass is 16.5. The molecule has 3 aromatic carbocycles. The number of pyridine rings is 1. The van der Waals surface area contributed by atoms with Gasteiger partial charge in [0.25, 0.3) is 5.91 Å². The van der Waals surface area contributed by atoms with Gasteiger partial charge < -0.3 is 15.0 Å². The van der Waals surface area contributed by atoms with Gasteiger partial charge in [0, 0.05) is 28.2 Å². The molecule has 1 heterocycles. The number of anilines is 1. The summed E-state index contributed by atoms with van der Waals surface area (Å²) in [6.07, 6.45) is -1.06. The minimum atomic E-state index is -1.06. The first-order chi connectivity index (χ1) is 15.0. The summed E-state index contributed by atoms with van der Waals surface area (Å²) in [6.45, 7) is 1.49. The molecule has 1 amide bonds. The predicted molar refractivity (Wildman–Crippen MR) is 120 cm³/mol. The van der Waals surface area contributed by atoms with E-state index in [1.54, 1.807) is 30.3 Å². The van der Waals surface area contributed by atoms with Crippen LogP contribution in [-0.2, 0) is 9.53 Å². The molecule has 1 aromatic heterocycles. The van der Waals surface area contributed by atoms with Gasteiger partial charge in [-0.15, -0.1) is 0 Å². The molecule has 6 heteroatoms. The van der Waals surface area contributed by atoms with Crippen molar-refractivity contribution in [3.05, 3.63) is 101 Å². The third kappa shape index (κ3) is 4.38. The lowest BCUT2D eigenvalue weighted by atomic mass is 10.0. The maximum Gasteiger partial charge on any atom is 0.339 e. The van der Waals surface area contributed by atoms with E-state index in [2.05, 4.69) is 10.3 Å². The summed E-state index contributed by atoms with van der Waals surface area (Å²) < 4.78 is 5.38. The number of benzene rings is 3. The highest BCUT2D eigenvalue weighted by Gasteiger charge is 2.22. The zero-order valence-electron chi connectivity index (χ0n) is 16.8. The fraction of sp³-hybridized carbons (Fsp3) is 0.0800. The van der Waals surface area contributed by atoms with Gasteiger partial charge in [-0.1, -0.05) is 66.7 Å². The Morgan fingerprint density at radius 1 is 0.903 bits per heavy atom. The Balaban J connectivity index is 1.53. The Bertz CT molecular complexity index is 1310. The number of hydrogen-bond acceptors (Lipinski definition) is 4. The molecule has 0 saturated heterocycles. The number of ether oxygens (including phenoxy) is 1. The fourth-order valence-corrected chi connectivity index (χ4v) is 3.35. The van der Waals surface area contributed by atoms with Crippen molar-refractivity contribution in [3.8, 4) is 11.1 Å². The largest absolute Gasteiger partial charge is 0.449 e. The molecule has 0 spiro atoms. The van der Waals surface area contributed by atoms with Gasteiger partial charge in [0.1, 0.15) is 0 Å². The maximum atomic E-state index is 12.7. The number of fused-ring (bicyclic) bond motifs is 1. The van der Waals surface area contributed by atoms with Crippen LogP contribution in [0.5, 0.6) is 0 Å². The third-order valence-corrected chi connectivity index (χ3v) is 4.89. The quantitative estimate of drug-likeness (QED) is 0.476. The number of esters is 1. The zero-order chi connectivity index (χ0) is 21.8. The molecule has 0 aliphatic heterocycles. The van der Waals surface area contributed by atoms with Crippen molar-refractivity contribution in [1.82, 2.24) is 4.98 Å². The molecule has 0 bridgehead atoms. The van der Waals surface area contributed by atoms with E-state index in [0.717, 1.165) is 11.1 Å². The van der Waals surface area contributed by atoms with Gasteiger partial charge in [-0.25, -0.2) is 4.79 Å². The molecule has 6 nitrogen and oxygen atoms in total. The van der Waals surface area contributed by atoms with Gasteiger partial charge in [0.2, 0.25) is 5.56 Å². The van der Waals surface area contributed by atoms with Crippen LogP contribution in [0, 0.1) is 0 Å². The fourth-order valence-electron chi connectivity index (χ4n) is 3.35. The molecule has 1 unspecified atom stereocenters. The van der Waals surface area contributed by atoms with Crippen LogP contribution < -0.4 is 10.9 Å². The van der Waals surface area contributed by atoms with E-state index in [0.29, 0.717) is 16.6 Å². The number of hydrogen-bond donors (Lipinski definition) is 2. The van der Waals surface area contributed by atoms with Crippen LogP contribution in [0.3, 0.4) is 0 Å². The maximum absolute atomic E-state index is 12.7. The molecule has 0 fully saturated rings. The number of carbonyl (C=O) groups is 2. The van der Waals surface area contributed by atoms with E-state index >= 15 is 0 Å². The van der Waals surface area contributed by atoms with Crippen molar-refractivity contribution in [3.63, 3.8) is 0 Å². The molecule has 1 atom stereocenters. The SMILES string of the molecule is CC(OC(=O)c1cc(=O)[nH]c2ccccc12)C(=O)Nc1ccccc1-c1ccccc1. The van der Waals surface area contributed by atoms with Gasteiger partial charge >= 0.3 is 5.97 Å². The minimum absolute atomic E-state index is 0.115.